The lowest BCUT2D eigenvalue weighted by Gasteiger charge is -2.11. The van der Waals surface area contributed by atoms with Gasteiger partial charge in [-0.15, -0.1) is 0 Å². The molecular weight excluding hydrogens is 340 g/mol. The van der Waals surface area contributed by atoms with E-state index in [1.165, 1.54) is 0 Å². The molecule has 0 bridgehead atoms. The number of benzene rings is 1. The van der Waals surface area contributed by atoms with Crippen LogP contribution in [0.1, 0.15) is 18.1 Å². The fourth-order valence-electron chi connectivity index (χ4n) is 1.81. The molecule has 0 spiro atoms. The summed E-state index contributed by atoms with van der Waals surface area (Å²) in [5.41, 5.74) is 1.74. The molecule has 0 unspecified atom stereocenters. The number of hydrogen-bond donors (Lipinski definition) is 1. The molecule has 1 aromatic carbocycles. The first-order chi connectivity index (χ1) is 9.42. The summed E-state index contributed by atoms with van der Waals surface area (Å²) in [6.45, 7) is 3.82. The zero-order valence-corrected chi connectivity index (χ0v) is 13.6. The summed E-state index contributed by atoms with van der Waals surface area (Å²) in [7, 11) is -3.62. The van der Waals surface area contributed by atoms with Crippen LogP contribution in [0.4, 0.5) is 5.82 Å². The van der Waals surface area contributed by atoms with E-state index in [-0.39, 0.29) is 4.90 Å². The molecule has 0 saturated heterocycles. The van der Waals surface area contributed by atoms with E-state index in [0.717, 1.165) is 15.6 Å². The molecule has 1 aromatic heterocycles. The highest BCUT2D eigenvalue weighted by Crippen LogP contribution is 2.23. The van der Waals surface area contributed by atoms with Crippen LogP contribution < -0.4 is 4.72 Å². The number of pyridine rings is 1. The molecule has 1 N–H and O–H groups in total. The Morgan fingerprint density at radius 3 is 2.60 bits per heavy atom. The molecule has 2 aromatic rings. The molecular formula is C14H15BrN2O2S. The van der Waals surface area contributed by atoms with Crippen LogP contribution in [0.3, 0.4) is 0 Å². The molecule has 0 fully saturated rings. The third-order valence-electron chi connectivity index (χ3n) is 2.84. The highest BCUT2D eigenvalue weighted by molar-refractivity contribution is 9.10. The van der Waals surface area contributed by atoms with Gasteiger partial charge in [-0.3, -0.25) is 4.72 Å². The second-order valence-corrected chi connectivity index (χ2v) is 7.00. The molecule has 2 rings (SSSR count). The zero-order chi connectivity index (χ0) is 14.8. The van der Waals surface area contributed by atoms with E-state index in [1.54, 1.807) is 24.4 Å². The van der Waals surface area contributed by atoms with Crippen molar-refractivity contribution >= 4 is 31.8 Å². The Bertz CT molecular complexity index is 712. The third kappa shape index (κ3) is 3.37. The Morgan fingerprint density at radius 2 is 2.00 bits per heavy atom. The SMILES string of the molecule is CCc1cc(Br)ccc1S(=O)(=O)Nc1ccc(C)cn1. The quantitative estimate of drug-likeness (QED) is 0.913. The summed E-state index contributed by atoms with van der Waals surface area (Å²) in [5.74, 6) is 0.320. The minimum atomic E-state index is -3.62. The lowest BCUT2D eigenvalue weighted by molar-refractivity contribution is 0.600. The van der Waals surface area contributed by atoms with Gasteiger partial charge in [0, 0.05) is 10.7 Å². The number of nitrogens with one attached hydrogen (secondary N) is 1. The standard InChI is InChI=1S/C14H15BrN2O2S/c1-3-11-8-12(15)5-6-13(11)20(18,19)17-14-7-4-10(2)9-16-14/h4-9H,3H2,1-2H3,(H,16,17). The predicted octanol–water partition coefficient (Wildman–Crippen LogP) is 3.52. The lowest BCUT2D eigenvalue weighted by atomic mass is 10.2. The average Bonchev–Trinajstić information content (AvgIpc) is 2.40. The van der Waals surface area contributed by atoms with Gasteiger partial charge in [0.25, 0.3) is 10.0 Å². The van der Waals surface area contributed by atoms with E-state index in [0.29, 0.717) is 12.2 Å². The summed E-state index contributed by atoms with van der Waals surface area (Å²) in [4.78, 5) is 4.35. The number of rotatable bonds is 4. The van der Waals surface area contributed by atoms with Gasteiger partial charge in [-0.1, -0.05) is 28.9 Å². The van der Waals surface area contributed by atoms with E-state index >= 15 is 0 Å². The van der Waals surface area contributed by atoms with Crippen LogP contribution in [0.2, 0.25) is 0 Å². The first-order valence-corrected chi connectivity index (χ1v) is 8.44. The predicted molar refractivity (Wildman–Crippen MR) is 83.3 cm³/mol. The van der Waals surface area contributed by atoms with E-state index in [1.807, 2.05) is 26.0 Å². The maximum Gasteiger partial charge on any atom is 0.263 e. The zero-order valence-electron chi connectivity index (χ0n) is 11.2. The van der Waals surface area contributed by atoms with Gasteiger partial charge >= 0.3 is 0 Å². The fraction of sp³-hybridized carbons (Fsp3) is 0.214. The number of halogens is 1. The monoisotopic (exact) mass is 354 g/mol. The number of sulfonamides is 1. The third-order valence-corrected chi connectivity index (χ3v) is 4.79. The molecule has 20 heavy (non-hydrogen) atoms. The summed E-state index contributed by atoms with van der Waals surface area (Å²) < 4.78 is 28.2. The maximum atomic E-state index is 12.4. The first-order valence-electron chi connectivity index (χ1n) is 6.16. The van der Waals surface area contributed by atoms with Gasteiger partial charge in [0.15, 0.2) is 0 Å². The van der Waals surface area contributed by atoms with Crippen molar-refractivity contribution in [2.24, 2.45) is 0 Å². The maximum absolute atomic E-state index is 12.4. The molecule has 0 aliphatic carbocycles. The van der Waals surface area contributed by atoms with Crippen molar-refractivity contribution in [2.75, 3.05) is 4.72 Å². The second-order valence-electron chi connectivity index (χ2n) is 4.43. The Labute approximate surface area is 127 Å². The smallest absolute Gasteiger partial charge is 0.263 e. The Balaban J connectivity index is 2.38. The van der Waals surface area contributed by atoms with E-state index in [4.69, 9.17) is 0 Å². The van der Waals surface area contributed by atoms with Crippen molar-refractivity contribution in [1.82, 2.24) is 4.98 Å². The van der Waals surface area contributed by atoms with Crippen molar-refractivity contribution in [3.8, 4) is 0 Å². The van der Waals surface area contributed by atoms with Crippen LogP contribution in [-0.4, -0.2) is 13.4 Å². The topological polar surface area (TPSA) is 59.1 Å². The van der Waals surface area contributed by atoms with Crippen molar-refractivity contribution in [3.05, 3.63) is 52.1 Å². The Kier molecular flexibility index (Phi) is 4.45. The second kappa shape index (κ2) is 5.93. The van der Waals surface area contributed by atoms with E-state index in [9.17, 15) is 8.42 Å². The number of anilines is 1. The number of aryl methyl sites for hydroxylation is 2. The molecule has 4 nitrogen and oxygen atoms in total. The summed E-state index contributed by atoms with van der Waals surface area (Å²) in [5, 5.41) is 0. The highest BCUT2D eigenvalue weighted by Gasteiger charge is 2.18. The lowest BCUT2D eigenvalue weighted by Crippen LogP contribution is -2.15. The minimum absolute atomic E-state index is 0.283. The summed E-state index contributed by atoms with van der Waals surface area (Å²) in [6.07, 6.45) is 2.26. The van der Waals surface area contributed by atoms with Crippen molar-refractivity contribution in [2.45, 2.75) is 25.2 Å². The molecule has 0 amide bonds. The molecule has 0 saturated carbocycles. The molecule has 6 heteroatoms. The van der Waals surface area contributed by atoms with Crippen LogP contribution in [0.5, 0.6) is 0 Å². The van der Waals surface area contributed by atoms with Crippen LogP contribution in [0.15, 0.2) is 45.9 Å². The molecule has 0 aliphatic heterocycles. The normalized spacial score (nSPS) is 11.3. The summed E-state index contributed by atoms with van der Waals surface area (Å²) in [6, 6.07) is 8.59. The average molecular weight is 355 g/mol. The van der Waals surface area contributed by atoms with Crippen LogP contribution in [-0.2, 0) is 16.4 Å². The van der Waals surface area contributed by atoms with Gasteiger partial charge in [-0.25, -0.2) is 13.4 Å². The number of nitrogens with zero attached hydrogens (tertiary/aromatic N) is 1. The molecule has 0 aliphatic rings. The van der Waals surface area contributed by atoms with Gasteiger partial charge in [0.05, 0.1) is 4.90 Å². The molecule has 0 radical (unpaired) electrons. The van der Waals surface area contributed by atoms with Crippen molar-refractivity contribution < 1.29 is 8.42 Å². The van der Waals surface area contributed by atoms with Crippen LogP contribution in [0, 0.1) is 6.92 Å². The van der Waals surface area contributed by atoms with Gasteiger partial charge in [-0.05, 0) is 48.7 Å². The van der Waals surface area contributed by atoms with E-state index < -0.39 is 10.0 Å². The fourth-order valence-corrected chi connectivity index (χ4v) is 3.52. The molecule has 106 valence electrons. The van der Waals surface area contributed by atoms with Crippen molar-refractivity contribution in [3.63, 3.8) is 0 Å². The van der Waals surface area contributed by atoms with Gasteiger partial charge in [-0.2, -0.15) is 0 Å². The van der Waals surface area contributed by atoms with Crippen LogP contribution >= 0.6 is 15.9 Å². The van der Waals surface area contributed by atoms with Crippen LogP contribution in [0.25, 0.3) is 0 Å². The highest BCUT2D eigenvalue weighted by atomic mass is 79.9. The summed E-state index contributed by atoms with van der Waals surface area (Å²) >= 11 is 3.35. The first kappa shape index (κ1) is 15.0. The minimum Gasteiger partial charge on any atom is -0.263 e. The Hall–Kier alpha value is -1.40. The largest absolute Gasteiger partial charge is 0.263 e. The van der Waals surface area contributed by atoms with E-state index in [2.05, 4.69) is 25.6 Å². The Morgan fingerprint density at radius 1 is 1.25 bits per heavy atom. The van der Waals surface area contributed by atoms with Gasteiger partial charge in [0.1, 0.15) is 5.82 Å². The number of hydrogen-bond acceptors (Lipinski definition) is 3. The molecule has 1 heterocycles. The number of aromatic nitrogens is 1. The van der Waals surface area contributed by atoms with Gasteiger partial charge in [0.2, 0.25) is 0 Å². The molecule has 0 atom stereocenters. The van der Waals surface area contributed by atoms with Gasteiger partial charge < -0.3 is 0 Å². The van der Waals surface area contributed by atoms with Crippen molar-refractivity contribution in [1.29, 1.82) is 0 Å².